The molecule has 0 saturated carbocycles. The smallest absolute Gasteiger partial charge is 0.251 e. The normalized spacial score (nSPS) is 10.4. The van der Waals surface area contributed by atoms with Gasteiger partial charge in [-0.2, -0.15) is 5.26 Å². The number of hydrogen-bond acceptors (Lipinski definition) is 4. The van der Waals surface area contributed by atoms with Crippen molar-refractivity contribution in [3.8, 4) is 6.07 Å². The zero-order valence-corrected chi connectivity index (χ0v) is 12.7. The first-order valence-corrected chi connectivity index (χ1v) is 7.31. The van der Waals surface area contributed by atoms with E-state index < -0.39 is 0 Å². The third-order valence-corrected chi connectivity index (χ3v) is 3.61. The van der Waals surface area contributed by atoms with Crippen LogP contribution < -0.4 is 5.32 Å². The predicted octanol–water partition coefficient (Wildman–Crippen LogP) is 2.25. The second kappa shape index (κ2) is 6.28. The van der Waals surface area contributed by atoms with E-state index in [9.17, 15) is 4.79 Å². The van der Waals surface area contributed by atoms with Crippen LogP contribution in [0.2, 0.25) is 0 Å². The van der Waals surface area contributed by atoms with Gasteiger partial charge in [-0.05, 0) is 42.8 Å². The first-order valence-electron chi connectivity index (χ1n) is 7.31. The molecule has 2 aromatic carbocycles. The quantitative estimate of drug-likeness (QED) is 0.801. The lowest BCUT2D eigenvalue weighted by Gasteiger charge is -2.06. The van der Waals surface area contributed by atoms with E-state index in [0.29, 0.717) is 23.2 Å². The third-order valence-electron chi connectivity index (χ3n) is 3.61. The summed E-state index contributed by atoms with van der Waals surface area (Å²) in [5, 5.41) is 19.7. The molecule has 1 amide bonds. The van der Waals surface area contributed by atoms with E-state index in [2.05, 4.69) is 21.7 Å². The van der Waals surface area contributed by atoms with Crippen molar-refractivity contribution in [3.05, 3.63) is 59.2 Å². The summed E-state index contributed by atoms with van der Waals surface area (Å²) in [7, 11) is 0. The molecule has 0 atom stereocenters. The molecule has 1 N–H and O–H groups in total. The van der Waals surface area contributed by atoms with Crippen LogP contribution in [0, 0.1) is 11.3 Å². The Balaban J connectivity index is 1.71. The third kappa shape index (κ3) is 3.04. The van der Waals surface area contributed by atoms with Crippen molar-refractivity contribution in [1.29, 1.82) is 5.26 Å². The van der Waals surface area contributed by atoms with Crippen molar-refractivity contribution in [3.63, 3.8) is 0 Å². The van der Waals surface area contributed by atoms with Crippen LogP contribution >= 0.6 is 0 Å². The van der Waals surface area contributed by atoms with Crippen LogP contribution in [0.1, 0.15) is 28.4 Å². The molecular weight excluding hydrogens is 290 g/mol. The Labute approximate surface area is 133 Å². The summed E-state index contributed by atoms with van der Waals surface area (Å²) in [6.07, 6.45) is 0. The van der Waals surface area contributed by atoms with Crippen LogP contribution in [-0.4, -0.2) is 20.9 Å². The molecule has 6 nitrogen and oxygen atoms in total. The Morgan fingerprint density at radius 2 is 2.04 bits per heavy atom. The van der Waals surface area contributed by atoms with E-state index in [1.807, 2.05) is 25.1 Å². The van der Waals surface area contributed by atoms with Crippen LogP contribution in [-0.2, 0) is 13.1 Å². The number of nitrogens with zero attached hydrogens (tertiary/aromatic N) is 4. The predicted molar refractivity (Wildman–Crippen MR) is 85.5 cm³/mol. The molecule has 6 heteroatoms. The molecule has 0 aliphatic carbocycles. The molecule has 1 aromatic heterocycles. The van der Waals surface area contributed by atoms with Crippen molar-refractivity contribution in [2.24, 2.45) is 0 Å². The summed E-state index contributed by atoms with van der Waals surface area (Å²) in [5.41, 5.74) is 3.71. The highest BCUT2D eigenvalue weighted by Crippen LogP contribution is 2.13. The van der Waals surface area contributed by atoms with Crippen LogP contribution in [0.25, 0.3) is 11.0 Å². The fraction of sp³-hybridized carbons (Fsp3) is 0.176. The van der Waals surface area contributed by atoms with Gasteiger partial charge in [0.05, 0.1) is 17.1 Å². The largest absolute Gasteiger partial charge is 0.348 e. The topological polar surface area (TPSA) is 83.6 Å². The monoisotopic (exact) mass is 305 g/mol. The van der Waals surface area contributed by atoms with Crippen molar-refractivity contribution in [1.82, 2.24) is 20.3 Å². The fourth-order valence-electron chi connectivity index (χ4n) is 2.33. The number of fused-ring (bicyclic) bond motifs is 1. The van der Waals surface area contributed by atoms with Gasteiger partial charge in [-0.3, -0.25) is 4.79 Å². The highest BCUT2D eigenvalue weighted by atomic mass is 16.1. The van der Waals surface area contributed by atoms with Gasteiger partial charge in [0.25, 0.3) is 5.91 Å². The Hall–Kier alpha value is -3.20. The van der Waals surface area contributed by atoms with E-state index in [1.165, 1.54) is 0 Å². The highest BCUT2D eigenvalue weighted by molar-refractivity contribution is 5.97. The average Bonchev–Trinajstić information content (AvgIpc) is 3.02. The number of rotatable bonds is 4. The number of aryl methyl sites for hydroxylation is 1. The highest BCUT2D eigenvalue weighted by Gasteiger charge is 2.09. The minimum atomic E-state index is -0.165. The number of nitriles is 1. The molecule has 3 rings (SSSR count). The summed E-state index contributed by atoms with van der Waals surface area (Å²) < 4.78 is 1.79. The van der Waals surface area contributed by atoms with E-state index in [-0.39, 0.29) is 5.91 Å². The number of aromatic nitrogens is 3. The van der Waals surface area contributed by atoms with Gasteiger partial charge >= 0.3 is 0 Å². The number of hydrogen-bond donors (Lipinski definition) is 1. The lowest BCUT2D eigenvalue weighted by molar-refractivity contribution is 0.0951. The summed E-state index contributed by atoms with van der Waals surface area (Å²) >= 11 is 0. The van der Waals surface area contributed by atoms with Gasteiger partial charge < -0.3 is 5.32 Å². The summed E-state index contributed by atoms with van der Waals surface area (Å²) in [6.45, 7) is 3.14. The number of amides is 1. The molecule has 0 spiro atoms. The number of benzene rings is 2. The fourth-order valence-corrected chi connectivity index (χ4v) is 2.33. The minimum Gasteiger partial charge on any atom is -0.348 e. The van der Waals surface area contributed by atoms with Crippen LogP contribution in [0.4, 0.5) is 0 Å². The lowest BCUT2D eigenvalue weighted by atomic mass is 10.1. The second-order valence-corrected chi connectivity index (χ2v) is 5.10. The number of nitrogens with one attached hydrogen (secondary N) is 1. The maximum Gasteiger partial charge on any atom is 0.251 e. The minimum absolute atomic E-state index is 0.165. The number of carbonyl (C=O) groups excluding carboxylic acids is 1. The summed E-state index contributed by atoms with van der Waals surface area (Å²) in [6, 6.07) is 14.6. The first kappa shape index (κ1) is 14.7. The van der Waals surface area contributed by atoms with Gasteiger partial charge in [0.2, 0.25) is 0 Å². The maximum absolute atomic E-state index is 12.2. The van der Waals surface area contributed by atoms with E-state index >= 15 is 0 Å². The van der Waals surface area contributed by atoms with Crippen LogP contribution in [0.5, 0.6) is 0 Å². The zero-order valence-electron chi connectivity index (χ0n) is 12.7. The number of carbonyl (C=O) groups is 1. The Morgan fingerprint density at radius 1 is 1.26 bits per heavy atom. The van der Waals surface area contributed by atoms with Gasteiger partial charge in [-0.25, -0.2) is 4.68 Å². The Kier molecular flexibility index (Phi) is 4.02. The van der Waals surface area contributed by atoms with Crippen molar-refractivity contribution in [2.45, 2.75) is 20.0 Å². The van der Waals surface area contributed by atoms with Gasteiger partial charge in [-0.1, -0.05) is 17.3 Å². The standard InChI is InChI=1S/C17H15N5O/c1-2-22-16-8-7-14(9-15(16)20-21-22)17(23)19-11-13-5-3-12(10-18)4-6-13/h3-9H,2,11H2,1H3,(H,19,23). The van der Waals surface area contributed by atoms with Crippen LogP contribution in [0.3, 0.4) is 0 Å². The maximum atomic E-state index is 12.2. The van der Waals surface area contributed by atoms with Gasteiger partial charge in [-0.15, -0.1) is 5.10 Å². The molecule has 0 saturated heterocycles. The van der Waals surface area contributed by atoms with Crippen molar-refractivity contribution >= 4 is 16.9 Å². The van der Waals surface area contributed by atoms with Crippen molar-refractivity contribution < 1.29 is 4.79 Å². The Bertz CT molecular complexity index is 889. The molecule has 23 heavy (non-hydrogen) atoms. The summed E-state index contributed by atoms with van der Waals surface area (Å²) in [4.78, 5) is 12.2. The molecule has 0 aliphatic heterocycles. The van der Waals surface area contributed by atoms with Crippen LogP contribution in [0.15, 0.2) is 42.5 Å². The molecular formula is C17H15N5O. The molecule has 0 bridgehead atoms. The average molecular weight is 305 g/mol. The molecule has 0 radical (unpaired) electrons. The van der Waals surface area contributed by atoms with Gasteiger partial charge in [0, 0.05) is 18.7 Å². The second-order valence-electron chi connectivity index (χ2n) is 5.10. The van der Waals surface area contributed by atoms with Gasteiger partial charge in [0.15, 0.2) is 0 Å². The SMILES string of the molecule is CCn1nnc2cc(C(=O)NCc3ccc(C#N)cc3)ccc21. The van der Waals surface area contributed by atoms with Crippen molar-refractivity contribution in [2.75, 3.05) is 0 Å². The molecule has 1 heterocycles. The zero-order chi connectivity index (χ0) is 16.2. The Morgan fingerprint density at radius 3 is 2.74 bits per heavy atom. The molecule has 0 fully saturated rings. The molecule has 0 unspecified atom stereocenters. The summed E-state index contributed by atoms with van der Waals surface area (Å²) in [5.74, 6) is -0.165. The first-order chi connectivity index (χ1) is 11.2. The van der Waals surface area contributed by atoms with Gasteiger partial charge in [0.1, 0.15) is 5.52 Å². The molecule has 3 aromatic rings. The van der Waals surface area contributed by atoms with E-state index in [4.69, 9.17) is 5.26 Å². The molecule has 114 valence electrons. The lowest BCUT2D eigenvalue weighted by Crippen LogP contribution is -2.22. The van der Waals surface area contributed by atoms with E-state index in [1.54, 1.807) is 28.9 Å². The molecule has 0 aliphatic rings. The van der Waals surface area contributed by atoms with E-state index in [0.717, 1.165) is 17.6 Å².